The number of para-hydroxylation sites is 1. The Morgan fingerprint density at radius 1 is 1.05 bits per heavy atom. The van der Waals surface area contributed by atoms with E-state index in [1.54, 1.807) is 31.4 Å². The molecule has 9 nitrogen and oxygen atoms in total. The smallest absolute Gasteiger partial charge is 0.270 e. The summed E-state index contributed by atoms with van der Waals surface area (Å²) in [4.78, 5) is 30.6. The number of aromatic nitrogens is 1. The van der Waals surface area contributed by atoms with Gasteiger partial charge in [-0.2, -0.15) is 0 Å². The highest BCUT2D eigenvalue weighted by Crippen LogP contribution is 2.29. The van der Waals surface area contributed by atoms with Crippen LogP contribution in [0.4, 0.5) is 11.4 Å². The Labute approximate surface area is 227 Å². The van der Waals surface area contributed by atoms with Gasteiger partial charge in [0.2, 0.25) is 0 Å². The van der Waals surface area contributed by atoms with E-state index in [0.29, 0.717) is 25.3 Å². The number of benzene rings is 3. The third kappa shape index (κ3) is 6.81. The summed E-state index contributed by atoms with van der Waals surface area (Å²) in [6, 6.07) is 21.2. The Balaban J connectivity index is 1.49. The maximum absolute atomic E-state index is 13.5. The molecule has 3 aromatic carbocycles. The SMILES string of the molecule is COc1cc(NC(C)CCCN(Cc2ccccc2OC)C(=O)c2cccc([N+](=O)[O-])c2)c2ncccc2c1. The van der Waals surface area contributed by atoms with Gasteiger partial charge in [-0.05, 0) is 44.0 Å². The molecule has 0 fully saturated rings. The summed E-state index contributed by atoms with van der Waals surface area (Å²) in [5.41, 5.74) is 2.77. The number of non-ortho nitro benzene ring substituents is 1. The van der Waals surface area contributed by atoms with E-state index in [-0.39, 0.29) is 23.2 Å². The number of nitrogens with one attached hydrogen (secondary N) is 1. The lowest BCUT2D eigenvalue weighted by molar-refractivity contribution is -0.384. The second-order valence-electron chi connectivity index (χ2n) is 9.28. The quantitative estimate of drug-likeness (QED) is 0.175. The van der Waals surface area contributed by atoms with Gasteiger partial charge in [-0.1, -0.05) is 30.3 Å². The molecule has 9 heteroatoms. The van der Waals surface area contributed by atoms with Gasteiger partial charge in [-0.15, -0.1) is 0 Å². The van der Waals surface area contributed by atoms with Crippen LogP contribution in [0, 0.1) is 10.1 Å². The number of pyridine rings is 1. The molecule has 1 atom stereocenters. The van der Waals surface area contributed by atoms with Crippen LogP contribution in [0.5, 0.6) is 11.5 Å². The van der Waals surface area contributed by atoms with Crippen molar-refractivity contribution in [2.45, 2.75) is 32.4 Å². The molecule has 0 aliphatic heterocycles. The first kappa shape index (κ1) is 27.4. The van der Waals surface area contributed by atoms with Crippen LogP contribution in [0.2, 0.25) is 0 Å². The van der Waals surface area contributed by atoms with Gasteiger partial charge in [0.25, 0.3) is 11.6 Å². The number of hydrogen-bond acceptors (Lipinski definition) is 7. The van der Waals surface area contributed by atoms with Crippen LogP contribution in [0.3, 0.4) is 0 Å². The monoisotopic (exact) mass is 528 g/mol. The predicted molar refractivity (Wildman–Crippen MR) is 151 cm³/mol. The van der Waals surface area contributed by atoms with Crippen molar-refractivity contribution in [1.29, 1.82) is 0 Å². The first-order valence-corrected chi connectivity index (χ1v) is 12.7. The summed E-state index contributed by atoms with van der Waals surface area (Å²) >= 11 is 0. The molecular weight excluding hydrogens is 496 g/mol. The number of nitrogens with zero attached hydrogens (tertiary/aromatic N) is 3. The standard InChI is InChI=1S/C30H32N4O5/c1-21(32-27-19-26(38-2)18-22-12-7-15-31-29(22)27)9-8-16-33(20-24-10-4-5-14-28(24)39-3)30(35)23-11-6-13-25(17-23)34(36)37/h4-7,10-15,17-19,21,32H,8-9,16,20H2,1-3H3. The number of nitro benzene ring substituents is 1. The summed E-state index contributed by atoms with van der Waals surface area (Å²) in [7, 11) is 3.23. The van der Waals surface area contributed by atoms with Crippen molar-refractivity contribution >= 4 is 28.2 Å². The van der Waals surface area contributed by atoms with E-state index in [1.807, 2.05) is 48.5 Å². The van der Waals surface area contributed by atoms with E-state index in [0.717, 1.165) is 34.3 Å². The van der Waals surface area contributed by atoms with Crippen LogP contribution >= 0.6 is 0 Å². The summed E-state index contributed by atoms with van der Waals surface area (Å²) in [5, 5.41) is 15.8. The molecule has 0 aliphatic rings. The fraction of sp³-hybridized carbons (Fsp3) is 0.267. The van der Waals surface area contributed by atoms with Crippen molar-refractivity contribution in [3.8, 4) is 11.5 Å². The largest absolute Gasteiger partial charge is 0.497 e. The van der Waals surface area contributed by atoms with Crippen LogP contribution in [0.15, 0.2) is 79.0 Å². The number of amides is 1. The van der Waals surface area contributed by atoms with E-state index >= 15 is 0 Å². The predicted octanol–water partition coefficient (Wildman–Crippen LogP) is 6.08. The average molecular weight is 529 g/mol. The molecule has 1 aromatic heterocycles. The molecule has 0 aliphatic carbocycles. The van der Waals surface area contributed by atoms with E-state index in [4.69, 9.17) is 9.47 Å². The fourth-order valence-corrected chi connectivity index (χ4v) is 4.55. The maximum Gasteiger partial charge on any atom is 0.270 e. The molecule has 0 spiro atoms. The van der Waals surface area contributed by atoms with Gasteiger partial charge >= 0.3 is 0 Å². The minimum atomic E-state index is -0.494. The Bertz CT molecular complexity index is 1460. The summed E-state index contributed by atoms with van der Waals surface area (Å²) in [5.74, 6) is 1.16. The van der Waals surface area contributed by atoms with Gasteiger partial charge in [0, 0.05) is 60.0 Å². The zero-order valence-electron chi connectivity index (χ0n) is 22.3. The lowest BCUT2D eigenvalue weighted by atomic mass is 10.1. The zero-order chi connectivity index (χ0) is 27.8. The third-order valence-electron chi connectivity index (χ3n) is 6.53. The van der Waals surface area contributed by atoms with E-state index in [9.17, 15) is 14.9 Å². The van der Waals surface area contributed by atoms with E-state index in [2.05, 4.69) is 17.2 Å². The Hall–Kier alpha value is -4.66. The van der Waals surface area contributed by atoms with Crippen molar-refractivity contribution < 1.29 is 19.2 Å². The van der Waals surface area contributed by atoms with Crippen LogP contribution in [0.1, 0.15) is 35.7 Å². The van der Waals surface area contributed by atoms with Crippen molar-refractivity contribution in [2.24, 2.45) is 0 Å². The molecule has 1 heterocycles. The minimum absolute atomic E-state index is 0.0864. The summed E-state index contributed by atoms with van der Waals surface area (Å²) < 4.78 is 11.0. The molecule has 4 aromatic rings. The molecule has 1 N–H and O–H groups in total. The van der Waals surface area contributed by atoms with Gasteiger partial charge in [0.15, 0.2) is 0 Å². The molecular formula is C30H32N4O5. The van der Waals surface area contributed by atoms with Crippen LogP contribution in [-0.4, -0.2) is 47.5 Å². The third-order valence-corrected chi connectivity index (χ3v) is 6.53. The molecule has 39 heavy (non-hydrogen) atoms. The van der Waals surface area contributed by atoms with Crippen molar-refractivity contribution in [3.05, 3.63) is 100 Å². The number of methoxy groups -OCH3 is 2. The number of carbonyl (C=O) groups excluding carboxylic acids is 1. The highest BCUT2D eigenvalue weighted by atomic mass is 16.6. The Morgan fingerprint density at radius 3 is 2.64 bits per heavy atom. The van der Waals surface area contributed by atoms with E-state index < -0.39 is 4.92 Å². The molecule has 202 valence electrons. The van der Waals surface area contributed by atoms with Crippen molar-refractivity contribution in [1.82, 2.24) is 9.88 Å². The van der Waals surface area contributed by atoms with Crippen molar-refractivity contribution in [2.75, 3.05) is 26.1 Å². The van der Waals surface area contributed by atoms with Gasteiger partial charge in [-0.25, -0.2) is 0 Å². The Kier molecular flexibility index (Phi) is 8.94. The molecule has 1 unspecified atom stereocenters. The number of ether oxygens (including phenoxy) is 2. The normalized spacial score (nSPS) is 11.6. The molecule has 0 saturated heterocycles. The minimum Gasteiger partial charge on any atom is -0.497 e. The zero-order valence-corrected chi connectivity index (χ0v) is 22.3. The number of nitro groups is 1. The lowest BCUT2D eigenvalue weighted by Crippen LogP contribution is -2.32. The lowest BCUT2D eigenvalue weighted by Gasteiger charge is -2.25. The number of fused-ring (bicyclic) bond motifs is 1. The topological polar surface area (TPSA) is 107 Å². The van der Waals surface area contributed by atoms with Crippen LogP contribution < -0.4 is 14.8 Å². The van der Waals surface area contributed by atoms with Crippen LogP contribution in [0.25, 0.3) is 10.9 Å². The molecule has 1 amide bonds. The van der Waals surface area contributed by atoms with Gasteiger partial charge in [0.1, 0.15) is 11.5 Å². The second kappa shape index (κ2) is 12.7. The summed E-state index contributed by atoms with van der Waals surface area (Å²) in [6.07, 6.45) is 3.25. The molecule has 4 rings (SSSR count). The highest BCUT2D eigenvalue weighted by Gasteiger charge is 2.20. The number of hydrogen-bond donors (Lipinski definition) is 1. The van der Waals surface area contributed by atoms with E-state index in [1.165, 1.54) is 18.2 Å². The summed E-state index contributed by atoms with van der Waals surface area (Å²) in [6.45, 7) is 2.86. The average Bonchev–Trinajstić information content (AvgIpc) is 2.96. The maximum atomic E-state index is 13.5. The molecule has 0 radical (unpaired) electrons. The number of carbonyl (C=O) groups is 1. The highest BCUT2D eigenvalue weighted by molar-refractivity contribution is 5.95. The van der Waals surface area contributed by atoms with Crippen molar-refractivity contribution in [3.63, 3.8) is 0 Å². The first-order valence-electron chi connectivity index (χ1n) is 12.7. The number of anilines is 1. The first-order chi connectivity index (χ1) is 18.9. The fourth-order valence-electron chi connectivity index (χ4n) is 4.55. The van der Waals surface area contributed by atoms with Gasteiger partial charge < -0.3 is 19.7 Å². The second-order valence-corrected chi connectivity index (χ2v) is 9.28. The Morgan fingerprint density at radius 2 is 1.87 bits per heavy atom. The van der Waals surface area contributed by atoms with Gasteiger partial charge in [-0.3, -0.25) is 19.9 Å². The van der Waals surface area contributed by atoms with Gasteiger partial charge in [0.05, 0.1) is 30.3 Å². The van der Waals surface area contributed by atoms with Crippen LogP contribution in [-0.2, 0) is 6.54 Å². The molecule has 0 saturated carbocycles. The molecule has 0 bridgehead atoms. The number of rotatable bonds is 12.